The molecule has 0 radical (unpaired) electrons. The molecule has 7 nitrogen and oxygen atoms in total. The van der Waals surface area contributed by atoms with Crippen LogP contribution in [-0.4, -0.2) is 56.6 Å². The van der Waals surface area contributed by atoms with Gasteiger partial charge in [0.05, 0.1) is 38.5 Å². The largest absolute Gasteiger partial charge is 0.307 e. The maximum atomic E-state index is 12.0. The molecule has 2 heterocycles. The van der Waals surface area contributed by atoms with E-state index in [1.54, 1.807) is 22.9 Å². The van der Waals surface area contributed by atoms with Crippen molar-refractivity contribution in [2.75, 3.05) is 33.5 Å². The van der Waals surface area contributed by atoms with Crippen LogP contribution in [0.3, 0.4) is 0 Å². The second-order valence-electron chi connectivity index (χ2n) is 8.47. The summed E-state index contributed by atoms with van der Waals surface area (Å²) in [6.45, 7) is 5.33. The predicted molar refractivity (Wildman–Crippen MR) is 147 cm³/mol. The number of para-hydroxylation sites is 1. The molecule has 0 spiro atoms. The van der Waals surface area contributed by atoms with Crippen LogP contribution in [0.2, 0.25) is 5.02 Å². The van der Waals surface area contributed by atoms with Gasteiger partial charge in [0.2, 0.25) is 0 Å². The van der Waals surface area contributed by atoms with Gasteiger partial charge in [-0.15, -0.1) is 11.3 Å². The van der Waals surface area contributed by atoms with Gasteiger partial charge >= 0.3 is 0 Å². The molecule has 0 aliphatic carbocycles. The van der Waals surface area contributed by atoms with Crippen molar-refractivity contribution in [1.82, 2.24) is 20.2 Å². The Morgan fingerprint density at radius 1 is 1.11 bits per heavy atom. The molecule has 4 rings (SSSR count). The highest BCUT2D eigenvalue weighted by Gasteiger charge is 2.18. The fourth-order valence-corrected chi connectivity index (χ4v) is 5.33. The van der Waals surface area contributed by atoms with Crippen molar-refractivity contribution in [2.45, 2.75) is 4.90 Å². The van der Waals surface area contributed by atoms with Crippen LogP contribution >= 0.6 is 22.9 Å². The summed E-state index contributed by atoms with van der Waals surface area (Å²) in [7, 11) is 0.647. The van der Waals surface area contributed by atoms with Gasteiger partial charge in [-0.05, 0) is 62.1 Å². The van der Waals surface area contributed by atoms with Gasteiger partial charge in [-0.2, -0.15) is 5.10 Å². The number of thiophene rings is 1. The van der Waals surface area contributed by atoms with E-state index in [1.165, 1.54) is 17.6 Å². The molecule has 0 bridgehead atoms. The third-order valence-electron chi connectivity index (χ3n) is 5.34. The maximum absolute atomic E-state index is 12.0. The van der Waals surface area contributed by atoms with Crippen molar-refractivity contribution in [3.05, 3.63) is 84.0 Å². The first-order valence-corrected chi connectivity index (χ1v) is 14.2. The molecule has 0 fully saturated rings. The smallest absolute Gasteiger partial charge is 0.175 e. The van der Waals surface area contributed by atoms with Crippen LogP contribution in [0.1, 0.15) is 5.69 Å². The number of nitrogens with one attached hydrogen (secondary N) is 1. The number of nitrogens with zero attached hydrogens (tertiary/aromatic N) is 3. The molecule has 2 aromatic carbocycles. The number of likely N-dealkylation sites (N-methyl/N-ethyl adjacent to an activating group) is 1. The van der Waals surface area contributed by atoms with Gasteiger partial charge in [0, 0.05) is 17.7 Å². The molecule has 4 aromatic rings. The van der Waals surface area contributed by atoms with Gasteiger partial charge in [0.25, 0.3) is 0 Å². The average Bonchev–Trinajstić information content (AvgIpc) is 3.49. The number of halogens is 1. The number of sulfone groups is 1. The molecule has 0 unspecified atom stereocenters. The van der Waals surface area contributed by atoms with Crippen LogP contribution in [0.5, 0.6) is 0 Å². The van der Waals surface area contributed by atoms with E-state index in [9.17, 15) is 8.42 Å². The van der Waals surface area contributed by atoms with Gasteiger partial charge in [-0.3, -0.25) is 10.3 Å². The quantitative estimate of drug-likeness (QED) is 0.214. The summed E-state index contributed by atoms with van der Waals surface area (Å²) >= 11 is 8.06. The molecule has 0 aliphatic rings. The van der Waals surface area contributed by atoms with E-state index in [4.69, 9.17) is 21.5 Å². The fraction of sp³-hybridized carbons (Fsp3) is 0.192. The number of benzene rings is 2. The molecule has 188 valence electrons. The van der Waals surface area contributed by atoms with Crippen molar-refractivity contribution in [3.8, 4) is 26.7 Å². The van der Waals surface area contributed by atoms with Gasteiger partial charge < -0.3 is 4.90 Å². The molecular weight excluding hydrogens is 516 g/mol. The Morgan fingerprint density at radius 2 is 1.86 bits per heavy atom. The van der Waals surface area contributed by atoms with Crippen molar-refractivity contribution < 1.29 is 13.3 Å². The van der Waals surface area contributed by atoms with Gasteiger partial charge in [0.1, 0.15) is 5.69 Å². The SMILES string of the molecule is C=C(NOCCN(C)C)c1cc(-c2ccc(-c3cccc(S(C)(=O)=O)c3)s2)n(-c2ccccc2Cl)n1. The number of aromatic nitrogens is 2. The summed E-state index contributed by atoms with van der Waals surface area (Å²) in [4.78, 5) is 9.72. The highest BCUT2D eigenvalue weighted by molar-refractivity contribution is 7.90. The van der Waals surface area contributed by atoms with E-state index in [1.807, 2.05) is 67.5 Å². The second kappa shape index (κ2) is 11.0. The Kier molecular flexibility index (Phi) is 7.97. The first kappa shape index (κ1) is 26.1. The Morgan fingerprint density at radius 3 is 2.58 bits per heavy atom. The summed E-state index contributed by atoms with van der Waals surface area (Å²) in [6.07, 6.45) is 1.21. The summed E-state index contributed by atoms with van der Waals surface area (Å²) < 4.78 is 25.8. The summed E-state index contributed by atoms with van der Waals surface area (Å²) in [6, 6.07) is 20.3. The molecule has 0 atom stereocenters. The minimum Gasteiger partial charge on any atom is -0.307 e. The molecule has 0 saturated carbocycles. The average molecular weight is 543 g/mol. The van der Waals surface area contributed by atoms with Crippen molar-refractivity contribution in [3.63, 3.8) is 0 Å². The molecule has 36 heavy (non-hydrogen) atoms. The van der Waals surface area contributed by atoms with Crippen LogP contribution in [0.25, 0.3) is 32.4 Å². The zero-order chi connectivity index (χ0) is 25.9. The monoisotopic (exact) mass is 542 g/mol. The van der Waals surface area contributed by atoms with E-state index >= 15 is 0 Å². The van der Waals surface area contributed by atoms with Crippen molar-refractivity contribution in [1.29, 1.82) is 0 Å². The standard InChI is InChI=1S/C26H27ClN4O3S2/c1-18(29-34-15-14-30(2)3)22-17-24(31(28-22)23-11-6-5-10-21(23)27)26-13-12-25(35-26)19-8-7-9-20(16-19)36(4,32)33/h5-13,16-17,29H,1,14-15H2,2-4H3. The highest BCUT2D eigenvalue weighted by Crippen LogP contribution is 2.37. The third kappa shape index (κ3) is 6.05. The first-order valence-electron chi connectivity index (χ1n) is 11.1. The first-order chi connectivity index (χ1) is 17.1. The Bertz CT molecular complexity index is 1490. The Hall–Kier alpha value is -2.95. The molecule has 1 N–H and O–H groups in total. The van der Waals surface area contributed by atoms with Crippen LogP contribution < -0.4 is 5.48 Å². The summed E-state index contributed by atoms with van der Waals surface area (Å²) in [5, 5.41) is 5.33. The van der Waals surface area contributed by atoms with E-state index < -0.39 is 9.84 Å². The highest BCUT2D eigenvalue weighted by atomic mass is 35.5. The molecule has 2 aromatic heterocycles. The van der Waals surface area contributed by atoms with Crippen molar-refractivity contribution >= 4 is 38.5 Å². The van der Waals surface area contributed by atoms with Crippen LogP contribution in [0.4, 0.5) is 0 Å². The molecule has 0 aliphatic heterocycles. The predicted octanol–water partition coefficient (Wildman–Crippen LogP) is 5.38. The second-order valence-corrected chi connectivity index (χ2v) is 12.0. The van der Waals surface area contributed by atoms with E-state index in [2.05, 4.69) is 12.1 Å². The van der Waals surface area contributed by atoms with Crippen molar-refractivity contribution in [2.24, 2.45) is 0 Å². The van der Waals surface area contributed by atoms with Crippen LogP contribution in [-0.2, 0) is 14.7 Å². The topological polar surface area (TPSA) is 76.5 Å². The number of rotatable bonds is 10. The lowest BCUT2D eigenvalue weighted by Crippen LogP contribution is -2.22. The molecule has 0 amide bonds. The minimum absolute atomic E-state index is 0.287. The van der Waals surface area contributed by atoms with E-state index in [-0.39, 0.29) is 4.90 Å². The van der Waals surface area contributed by atoms with Gasteiger partial charge in [-0.25, -0.2) is 13.1 Å². The molecule has 10 heteroatoms. The van der Waals surface area contributed by atoms with E-state index in [0.717, 1.165) is 33.2 Å². The van der Waals surface area contributed by atoms with E-state index in [0.29, 0.717) is 23.0 Å². The molecular formula is C26H27ClN4O3S2. The lowest BCUT2D eigenvalue weighted by molar-refractivity contribution is 0.0668. The van der Waals surface area contributed by atoms with Crippen LogP contribution in [0, 0.1) is 0 Å². The lowest BCUT2D eigenvalue weighted by Gasteiger charge is -2.11. The number of hydrogen-bond donors (Lipinski definition) is 1. The van der Waals surface area contributed by atoms with Gasteiger partial charge in [-0.1, -0.05) is 42.4 Å². The zero-order valence-electron chi connectivity index (χ0n) is 20.2. The lowest BCUT2D eigenvalue weighted by atomic mass is 10.2. The van der Waals surface area contributed by atoms with Gasteiger partial charge in [0.15, 0.2) is 9.84 Å². The van der Waals surface area contributed by atoms with Crippen LogP contribution in [0.15, 0.2) is 78.2 Å². The minimum atomic E-state index is -3.30. The summed E-state index contributed by atoms with van der Waals surface area (Å²) in [5.41, 5.74) is 6.41. The normalized spacial score (nSPS) is 11.7. The Balaban J connectivity index is 1.70. The Labute approximate surface area is 220 Å². The third-order valence-corrected chi connectivity index (χ3v) is 7.93. The fourth-order valence-electron chi connectivity index (χ4n) is 3.44. The maximum Gasteiger partial charge on any atom is 0.175 e. The number of hydrogen-bond acceptors (Lipinski definition) is 7. The molecule has 0 saturated heterocycles. The summed E-state index contributed by atoms with van der Waals surface area (Å²) in [5.74, 6) is 0. The zero-order valence-corrected chi connectivity index (χ0v) is 22.6. The number of hydroxylamine groups is 1.